The highest BCUT2D eigenvalue weighted by Gasteiger charge is 2.44. The molecule has 7 heteroatoms. The van der Waals surface area contributed by atoms with Crippen molar-refractivity contribution in [3.63, 3.8) is 0 Å². The van der Waals surface area contributed by atoms with Gasteiger partial charge in [0.05, 0.1) is 18.8 Å². The summed E-state index contributed by atoms with van der Waals surface area (Å²) >= 11 is 1.32. The van der Waals surface area contributed by atoms with Gasteiger partial charge in [0, 0.05) is 11.8 Å². The Kier molecular flexibility index (Phi) is 2.22. The average Bonchev–Trinajstić information content (AvgIpc) is 2.69. The number of carbonyl (C=O) groups excluding carboxylic acids is 2. The van der Waals surface area contributed by atoms with E-state index in [1.165, 1.54) is 18.9 Å². The minimum Gasteiger partial charge on any atom is -0.468 e. The molecule has 0 saturated carbocycles. The Morgan fingerprint density at radius 3 is 3.18 bits per heavy atom. The first-order chi connectivity index (χ1) is 8.20. The molecule has 0 aromatic carbocycles. The number of ether oxygens (including phenoxy) is 1. The minimum absolute atomic E-state index is 0.309. The topological polar surface area (TPSA) is 80.3 Å². The number of amides is 2. The van der Waals surface area contributed by atoms with E-state index in [0.29, 0.717) is 5.69 Å². The molecule has 1 aromatic heterocycles. The number of anilines is 1. The summed E-state index contributed by atoms with van der Waals surface area (Å²) in [5.41, 5.74) is 1.58. The standard InChI is InChI=1S/C10H9N3O3S/c1-16-9(14)7-6-5-4(12-10(15)13-6)2-3-11-8(5)17-7/h2-3,6-7H,1H3,(H2,12,13,15). The van der Waals surface area contributed by atoms with Gasteiger partial charge >= 0.3 is 12.0 Å². The Labute approximate surface area is 101 Å². The van der Waals surface area contributed by atoms with Crippen LogP contribution in [0.2, 0.25) is 0 Å². The van der Waals surface area contributed by atoms with Crippen molar-refractivity contribution in [2.24, 2.45) is 0 Å². The fraction of sp³-hybridized carbons (Fsp3) is 0.300. The highest BCUT2D eigenvalue weighted by atomic mass is 32.2. The van der Waals surface area contributed by atoms with E-state index in [0.717, 1.165) is 10.6 Å². The van der Waals surface area contributed by atoms with Gasteiger partial charge in [0.1, 0.15) is 10.3 Å². The molecule has 3 rings (SSSR count). The van der Waals surface area contributed by atoms with Gasteiger partial charge in [-0.1, -0.05) is 11.8 Å². The number of nitrogens with one attached hydrogen (secondary N) is 2. The second-order valence-electron chi connectivity index (χ2n) is 3.72. The van der Waals surface area contributed by atoms with Gasteiger partial charge in [-0.15, -0.1) is 0 Å². The molecule has 0 aliphatic carbocycles. The lowest BCUT2D eigenvalue weighted by atomic mass is 10.0. The largest absolute Gasteiger partial charge is 0.468 e. The van der Waals surface area contributed by atoms with E-state index in [4.69, 9.17) is 4.74 Å². The fourth-order valence-corrected chi connectivity index (χ4v) is 3.30. The Morgan fingerprint density at radius 1 is 1.59 bits per heavy atom. The molecular formula is C10H9N3O3S. The molecule has 88 valence electrons. The lowest BCUT2D eigenvalue weighted by molar-refractivity contribution is -0.140. The molecule has 0 bridgehead atoms. The van der Waals surface area contributed by atoms with Gasteiger partial charge in [0.15, 0.2) is 0 Å². The van der Waals surface area contributed by atoms with Crippen LogP contribution in [0.25, 0.3) is 0 Å². The lowest BCUT2D eigenvalue weighted by Crippen LogP contribution is -2.42. The van der Waals surface area contributed by atoms with Crippen molar-refractivity contribution in [1.29, 1.82) is 0 Å². The molecule has 0 saturated heterocycles. The first-order valence-corrected chi connectivity index (χ1v) is 5.89. The third-order valence-electron chi connectivity index (χ3n) is 2.77. The van der Waals surface area contributed by atoms with E-state index in [1.54, 1.807) is 12.3 Å². The van der Waals surface area contributed by atoms with Gasteiger partial charge < -0.3 is 15.4 Å². The lowest BCUT2D eigenvalue weighted by Gasteiger charge is -2.25. The number of hydrogen-bond donors (Lipinski definition) is 2. The zero-order valence-electron chi connectivity index (χ0n) is 8.89. The summed E-state index contributed by atoms with van der Waals surface area (Å²) in [6.45, 7) is 0. The van der Waals surface area contributed by atoms with Gasteiger partial charge in [-0.25, -0.2) is 9.78 Å². The quantitative estimate of drug-likeness (QED) is 0.725. The molecule has 2 atom stereocenters. The molecular weight excluding hydrogens is 242 g/mol. The summed E-state index contributed by atoms with van der Waals surface area (Å²) in [5.74, 6) is -0.355. The van der Waals surface area contributed by atoms with Crippen LogP contribution in [-0.2, 0) is 9.53 Å². The molecule has 3 heterocycles. The van der Waals surface area contributed by atoms with Crippen LogP contribution in [0.5, 0.6) is 0 Å². The zero-order chi connectivity index (χ0) is 12.0. The minimum atomic E-state index is -0.463. The Morgan fingerprint density at radius 2 is 2.41 bits per heavy atom. The van der Waals surface area contributed by atoms with E-state index in [1.807, 2.05) is 0 Å². The summed E-state index contributed by atoms with van der Waals surface area (Å²) < 4.78 is 4.74. The van der Waals surface area contributed by atoms with Crippen molar-refractivity contribution in [2.45, 2.75) is 16.3 Å². The van der Waals surface area contributed by atoms with Crippen LogP contribution in [-0.4, -0.2) is 29.3 Å². The second-order valence-corrected chi connectivity index (χ2v) is 4.85. The average molecular weight is 251 g/mol. The van der Waals surface area contributed by atoms with Crippen molar-refractivity contribution in [3.8, 4) is 0 Å². The molecule has 6 nitrogen and oxygen atoms in total. The van der Waals surface area contributed by atoms with Gasteiger partial charge in [0.2, 0.25) is 0 Å². The third-order valence-corrected chi connectivity index (χ3v) is 4.04. The van der Waals surface area contributed by atoms with Crippen LogP contribution >= 0.6 is 11.8 Å². The fourth-order valence-electron chi connectivity index (χ4n) is 2.05. The molecule has 2 N–H and O–H groups in total. The number of thioether (sulfide) groups is 1. The summed E-state index contributed by atoms with van der Waals surface area (Å²) in [6, 6.07) is 1.06. The first-order valence-electron chi connectivity index (χ1n) is 5.01. The summed E-state index contributed by atoms with van der Waals surface area (Å²) in [5, 5.41) is 5.72. The normalized spacial score (nSPS) is 24.6. The number of methoxy groups -OCH3 is 1. The highest BCUT2D eigenvalue weighted by Crippen LogP contribution is 2.47. The van der Waals surface area contributed by atoms with Crippen molar-refractivity contribution in [2.75, 3.05) is 12.4 Å². The Balaban J connectivity index is 2.08. The number of rotatable bonds is 1. The molecule has 0 spiro atoms. The van der Waals surface area contributed by atoms with Crippen LogP contribution in [0.1, 0.15) is 11.6 Å². The maximum Gasteiger partial charge on any atom is 0.321 e. The zero-order valence-corrected chi connectivity index (χ0v) is 9.71. The SMILES string of the molecule is COC(=O)C1Sc2nccc3c2C1NC(=O)N3. The van der Waals surface area contributed by atoms with Crippen molar-refractivity contribution < 1.29 is 14.3 Å². The molecule has 1 aromatic rings. The highest BCUT2D eigenvalue weighted by molar-refractivity contribution is 8.01. The molecule has 0 radical (unpaired) electrons. The molecule has 2 amide bonds. The van der Waals surface area contributed by atoms with E-state index in [-0.39, 0.29) is 18.0 Å². The molecule has 2 unspecified atom stereocenters. The van der Waals surface area contributed by atoms with Crippen LogP contribution in [0.3, 0.4) is 0 Å². The number of aromatic nitrogens is 1. The first kappa shape index (κ1) is 10.4. The Bertz CT molecular complexity index is 520. The number of urea groups is 1. The number of esters is 1. The predicted molar refractivity (Wildman–Crippen MR) is 60.8 cm³/mol. The van der Waals surface area contributed by atoms with E-state index in [9.17, 15) is 9.59 Å². The summed E-state index contributed by atoms with van der Waals surface area (Å²) in [7, 11) is 1.34. The van der Waals surface area contributed by atoms with Crippen molar-refractivity contribution >= 4 is 29.4 Å². The van der Waals surface area contributed by atoms with Crippen LogP contribution in [0.4, 0.5) is 10.5 Å². The van der Waals surface area contributed by atoms with Gasteiger partial charge in [-0.05, 0) is 6.07 Å². The molecule has 2 aliphatic heterocycles. The smallest absolute Gasteiger partial charge is 0.321 e. The number of pyridine rings is 1. The Hall–Kier alpha value is -1.76. The summed E-state index contributed by atoms with van der Waals surface area (Å²) in [4.78, 5) is 27.3. The molecule has 17 heavy (non-hydrogen) atoms. The molecule has 0 fully saturated rings. The molecule has 2 aliphatic rings. The maximum atomic E-state index is 11.7. The monoisotopic (exact) mass is 251 g/mol. The van der Waals surface area contributed by atoms with Crippen LogP contribution < -0.4 is 10.6 Å². The van der Waals surface area contributed by atoms with E-state index >= 15 is 0 Å². The van der Waals surface area contributed by atoms with Gasteiger partial charge in [-0.3, -0.25) is 4.79 Å². The van der Waals surface area contributed by atoms with Crippen molar-refractivity contribution in [3.05, 3.63) is 17.8 Å². The second kappa shape index (κ2) is 3.63. The van der Waals surface area contributed by atoms with Crippen LogP contribution in [0.15, 0.2) is 17.3 Å². The summed E-state index contributed by atoms with van der Waals surface area (Å²) in [6.07, 6.45) is 1.61. The number of carbonyl (C=O) groups is 2. The van der Waals surface area contributed by atoms with Crippen LogP contribution in [0, 0.1) is 0 Å². The van der Waals surface area contributed by atoms with Crippen molar-refractivity contribution in [1.82, 2.24) is 10.3 Å². The predicted octanol–water partition coefficient (Wildman–Crippen LogP) is 0.905. The van der Waals surface area contributed by atoms with Gasteiger partial charge in [0.25, 0.3) is 0 Å². The maximum absolute atomic E-state index is 11.7. The third kappa shape index (κ3) is 1.46. The van der Waals surface area contributed by atoms with E-state index < -0.39 is 5.25 Å². The number of nitrogens with zero attached hydrogens (tertiary/aromatic N) is 1. The number of hydrogen-bond acceptors (Lipinski definition) is 5. The van der Waals surface area contributed by atoms with E-state index in [2.05, 4.69) is 15.6 Å². The van der Waals surface area contributed by atoms with Gasteiger partial charge in [-0.2, -0.15) is 0 Å².